The van der Waals surface area contributed by atoms with Gasteiger partial charge >= 0.3 is 0 Å². The third-order valence-electron chi connectivity index (χ3n) is 4.73. The predicted molar refractivity (Wildman–Crippen MR) is 112 cm³/mol. The van der Waals surface area contributed by atoms with Crippen LogP contribution in [0.15, 0.2) is 47.6 Å². The average molecular weight is 424 g/mol. The first kappa shape index (κ1) is 18.7. The van der Waals surface area contributed by atoms with Crippen molar-refractivity contribution >= 4 is 39.9 Å². The van der Waals surface area contributed by atoms with Crippen LogP contribution in [0.1, 0.15) is 5.56 Å². The zero-order valence-corrected chi connectivity index (χ0v) is 16.8. The molecule has 4 aromatic rings. The van der Waals surface area contributed by atoms with Crippen molar-refractivity contribution in [3.63, 3.8) is 0 Å². The number of aryl methyl sites for hydroxylation is 1. The number of amides is 1. The molecule has 152 valence electrons. The van der Waals surface area contributed by atoms with Crippen LogP contribution >= 0.6 is 11.8 Å². The number of carbonyl (C=O) groups is 1. The van der Waals surface area contributed by atoms with Gasteiger partial charge in [0.1, 0.15) is 19.0 Å². The minimum Gasteiger partial charge on any atom is -0.486 e. The third kappa shape index (κ3) is 3.41. The Morgan fingerprint density at radius 2 is 1.97 bits per heavy atom. The number of carbonyl (C=O) groups excluding carboxylic acids is 1. The van der Waals surface area contributed by atoms with Crippen LogP contribution in [0.25, 0.3) is 16.6 Å². The van der Waals surface area contributed by atoms with Gasteiger partial charge in [0, 0.05) is 17.1 Å². The van der Waals surface area contributed by atoms with Gasteiger partial charge < -0.3 is 14.8 Å². The fourth-order valence-corrected chi connectivity index (χ4v) is 4.18. The maximum absolute atomic E-state index is 13.3. The van der Waals surface area contributed by atoms with Gasteiger partial charge in [-0.15, -0.1) is 10.2 Å². The Hall–Kier alpha value is -3.33. The summed E-state index contributed by atoms with van der Waals surface area (Å²) in [5, 5.41) is 12.8. The smallest absolute Gasteiger partial charge is 0.234 e. The van der Waals surface area contributed by atoms with E-state index in [1.54, 1.807) is 12.1 Å². The second-order valence-corrected chi connectivity index (χ2v) is 7.81. The van der Waals surface area contributed by atoms with Gasteiger partial charge in [-0.2, -0.15) is 0 Å². The molecule has 1 amide bonds. The Balaban J connectivity index is 1.46. The number of nitrogens with one attached hydrogen (secondary N) is 1. The fourth-order valence-electron chi connectivity index (χ4n) is 3.43. The van der Waals surface area contributed by atoms with Crippen LogP contribution in [-0.2, 0) is 4.79 Å². The number of rotatable bonds is 4. The van der Waals surface area contributed by atoms with Crippen molar-refractivity contribution in [1.82, 2.24) is 14.6 Å². The first-order valence-corrected chi connectivity index (χ1v) is 10.3. The molecule has 0 unspecified atom stereocenters. The van der Waals surface area contributed by atoms with Crippen LogP contribution in [0.3, 0.4) is 0 Å². The van der Waals surface area contributed by atoms with Crippen LogP contribution in [0.5, 0.6) is 11.5 Å². The monoisotopic (exact) mass is 424 g/mol. The van der Waals surface area contributed by atoms with E-state index in [-0.39, 0.29) is 11.7 Å². The van der Waals surface area contributed by atoms with Crippen molar-refractivity contribution in [3.8, 4) is 11.5 Å². The number of hydrogen-bond donors (Lipinski definition) is 1. The molecule has 0 aliphatic carbocycles. The molecule has 3 heterocycles. The molecule has 9 heteroatoms. The van der Waals surface area contributed by atoms with Crippen molar-refractivity contribution in [2.24, 2.45) is 0 Å². The van der Waals surface area contributed by atoms with E-state index in [0.717, 1.165) is 16.5 Å². The van der Waals surface area contributed by atoms with E-state index in [9.17, 15) is 9.18 Å². The number of thioether (sulfide) groups is 1. The number of benzene rings is 2. The Morgan fingerprint density at radius 3 is 2.77 bits per heavy atom. The summed E-state index contributed by atoms with van der Waals surface area (Å²) in [6.45, 7) is 2.98. The standard InChI is InChI=1S/C21H17FN4O3S/c1-12-7-13-8-17-18(29-6-5-28-17)10-16(13)26-20(12)24-25-21(26)30-11-19(27)23-15-4-2-3-14(22)9-15/h2-4,7-10H,5-6,11H2,1H3,(H,23,27). The number of nitrogens with zero attached hydrogens (tertiary/aromatic N) is 3. The van der Waals surface area contributed by atoms with Crippen LogP contribution < -0.4 is 14.8 Å². The second kappa shape index (κ2) is 7.49. The number of anilines is 1. The van der Waals surface area contributed by atoms with Gasteiger partial charge in [0.2, 0.25) is 5.91 Å². The highest BCUT2D eigenvalue weighted by molar-refractivity contribution is 7.99. The van der Waals surface area contributed by atoms with E-state index in [1.807, 2.05) is 29.5 Å². The van der Waals surface area contributed by atoms with E-state index >= 15 is 0 Å². The summed E-state index contributed by atoms with van der Waals surface area (Å²) in [5.74, 6) is 0.836. The molecule has 0 bridgehead atoms. The third-order valence-corrected chi connectivity index (χ3v) is 5.66. The fraction of sp³-hybridized carbons (Fsp3) is 0.190. The molecule has 0 fully saturated rings. The Labute approximate surface area is 175 Å². The van der Waals surface area contributed by atoms with Gasteiger partial charge in [-0.25, -0.2) is 4.39 Å². The predicted octanol–water partition coefficient (Wildman–Crippen LogP) is 3.83. The summed E-state index contributed by atoms with van der Waals surface area (Å²) in [6, 6.07) is 11.7. The number of halogens is 1. The lowest BCUT2D eigenvalue weighted by molar-refractivity contribution is -0.113. The molecule has 2 aromatic heterocycles. The minimum absolute atomic E-state index is 0.108. The highest BCUT2D eigenvalue weighted by Gasteiger charge is 2.18. The highest BCUT2D eigenvalue weighted by atomic mass is 32.2. The van der Waals surface area contributed by atoms with Crippen molar-refractivity contribution in [1.29, 1.82) is 0 Å². The van der Waals surface area contributed by atoms with Gasteiger partial charge in [-0.3, -0.25) is 9.20 Å². The summed E-state index contributed by atoms with van der Waals surface area (Å²) >= 11 is 1.26. The largest absolute Gasteiger partial charge is 0.486 e. The normalized spacial score (nSPS) is 13.0. The molecule has 1 aliphatic rings. The number of fused-ring (bicyclic) bond motifs is 4. The summed E-state index contributed by atoms with van der Waals surface area (Å²) in [7, 11) is 0. The Kier molecular flexibility index (Phi) is 4.66. The molecule has 0 radical (unpaired) electrons. The van der Waals surface area contributed by atoms with E-state index in [0.29, 0.717) is 41.2 Å². The first-order valence-electron chi connectivity index (χ1n) is 9.35. The maximum atomic E-state index is 13.3. The van der Waals surface area contributed by atoms with Crippen LogP contribution in [0, 0.1) is 12.7 Å². The number of hydrogen-bond acceptors (Lipinski definition) is 6. The molecule has 0 saturated carbocycles. The summed E-state index contributed by atoms with van der Waals surface area (Å²) in [6.07, 6.45) is 0. The molecular weight excluding hydrogens is 407 g/mol. The zero-order chi connectivity index (χ0) is 20.7. The van der Waals surface area contributed by atoms with Gasteiger partial charge in [-0.05, 0) is 42.8 Å². The summed E-state index contributed by atoms with van der Waals surface area (Å²) in [4.78, 5) is 12.3. The topological polar surface area (TPSA) is 77.8 Å². The van der Waals surface area contributed by atoms with Gasteiger partial charge in [0.05, 0.1) is 11.3 Å². The van der Waals surface area contributed by atoms with Crippen molar-refractivity contribution in [2.45, 2.75) is 12.1 Å². The van der Waals surface area contributed by atoms with E-state index < -0.39 is 5.82 Å². The second-order valence-electron chi connectivity index (χ2n) is 6.87. The van der Waals surface area contributed by atoms with E-state index in [4.69, 9.17) is 9.47 Å². The highest BCUT2D eigenvalue weighted by Crippen LogP contribution is 2.36. The SMILES string of the molecule is Cc1cc2cc3c(cc2n2c(SCC(=O)Nc4cccc(F)c4)nnc12)OCCO3. The van der Waals surface area contributed by atoms with Crippen LogP contribution in [-0.4, -0.2) is 39.5 Å². The molecule has 0 spiro atoms. The van der Waals surface area contributed by atoms with Gasteiger partial charge in [-0.1, -0.05) is 17.8 Å². The van der Waals surface area contributed by atoms with Crippen molar-refractivity contribution < 1.29 is 18.7 Å². The average Bonchev–Trinajstić information content (AvgIpc) is 3.16. The number of pyridine rings is 1. The minimum atomic E-state index is -0.402. The molecule has 1 aliphatic heterocycles. The molecule has 5 rings (SSSR count). The molecule has 7 nitrogen and oxygen atoms in total. The number of ether oxygens (including phenoxy) is 2. The molecule has 30 heavy (non-hydrogen) atoms. The zero-order valence-electron chi connectivity index (χ0n) is 16.0. The van der Waals surface area contributed by atoms with Crippen molar-refractivity contribution in [2.75, 3.05) is 24.3 Å². The molecule has 0 saturated heterocycles. The van der Waals surface area contributed by atoms with Crippen LogP contribution in [0.2, 0.25) is 0 Å². The van der Waals surface area contributed by atoms with E-state index in [1.165, 1.54) is 23.9 Å². The van der Waals surface area contributed by atoms with E-state index in [2.05, 4.69) is 15.5 Å². The molecular formula is C21H17FN4O3S. The van der Waals surface area contributed by atoms with Crippen LogP contribution in [0.4, 0.5) is 10.1 Å². The van der Waals surface area contributed by atoms with Gasteiger partial charge in [0.15, 0.2) is 22.3 Å². The van der Waals surface area contributed by atoms with Crippen molar-refractivity contribution in [3.05, 3.63) is 53.8 Å². The lowest BCUT2D eigenvalue weighted by Gasteiger charge is -2.19. The quantitative estimate of drug-likeness (QED) is 0.502. The summed E-state index contributed by atoms with van der Waals surface area (Å²) < 4.78 is 26.6. The maximum Gasteiger partial charge on any atom is 0.234 e. The van der Waals surface area contributed by atoms with Gasteiger partial charge in [0.25, 0.3) is 0 Å². The number of aromatic nitrogens is 3. The lowest BCUT2D eigenvalue weighted by Crippen LogP contribution is -2.15. The first-order chi connectivity index (χ1) is 14.6. The Bertz CT molecular complexity index is 1290. The summed E-state index contributed by atoms with van der Waals surface area (Å²) in [5.41, 5.74) is 2.96. The molecule has 2 aromatic carbocycles. The lowest BCUT2D eigenvalue weighted by atomic mass is 10.1. The Morgan fingerprint density at radius 1 is 1.17 bits per heavy atom. The molecule has 1 N–H and O–H groups in total. The molecule has 0 atom stereocenters.